The van der Waals surface area contributed by atoms with Gasteiger partial charge in [-0.05, 0) is 52.0 Å². The van der Waals surface area contributed by atoms with Crippen molar-refractivity contribution in [2.24, 2.45) is 5.16 Å². The van der Waals surface area contributed by atoms with Gasteiger partial charge < -0.3 is 34.6 Å². The summed E-state index contributed by atoms with van der Waals surface area (Å²) < 4.78 is 16.6. The third-order valence-electron chi connectivity index (χ3n) is 6.03. The van der Waals surface area contributed by atoms with Crippen molar-refractivity contribution in [2.75, 3.05) is 61.4 Å². The van der Waals surface area contributed by atoms with Crippen molar-refractivity contribution in [3.63, 3.8) is 0 Å². The van der Waals surface area contributed by atoms with Crippen LogP contribution in [0.2, 0.25) is 0 Å². The number of para-hydroxylation sites is 2. The largest absolute Gasteiger partial charge is 0.494 e. The molecule has 2 aromatic carbocycles. The molecule has 218 valence electrons. The molecule has 2 heterocycles. The lowest BCUT2D eigenvalue weighted by Gasteiger charge is -2.29. The van der Waals surface area contributed by atoms with E-state index in [4.69, 9.17) is 24.0 Å². The van der Waals surface area contributed by atoms with Crippen LogP contribution in [0.4, 0.5) is 39.3 Å². The number of morpholine rings is 1. The highest BCUT2D eigenvalue weighted by Gasteiger charge is 2.19. The Bertz CT molecular complexity index is 1380. The van der Waals surface area contributed by atoms with Gasteiger partial charge in [-0.2, -0.15) is 4.98 Å². The minimum atomic E-state index is -0.637. The molecule has 4 rings (SSSR count). The van der Waals surface area contributed by atoms with Gasteiger partial charge in [-0.15, -0.1) is 0 Å². The highest BCUT2D eigenvalue weighted by Crippen LogP contribution is 2.33. The van der Waals surface area contributed by atoms with Crippen molar-refractivity contribution in [3.8, 4) is 5.75 Å². The van der Waals surface area contributed by atoms with Gasteiger partial charge >= 0.3 is 6.09 Å². The molecular weight excluding hydrogens is 526 g/mol. The number of aromatic nitrogens is 2. The number of methoxy groups -OCH3 is 1. The molecule has 0 bridgehead atoms. The van der Waals surface area contributed by atoms with Crippen molar-refractivity contribution in [1.29, 1.82) is 0 Å². The molecule has 1 fully saturated rings. The number of ether oxygens (including phenoxy) is 3. The van der Waals surface area contributed by atoms with Crippen molar-refractivity contribution in [1.82, 2.24) is 9.97 Å². The molecule has 41 heavy (non-hydrogen) atoms. The van der Waals surface area contributed by atoms with Gasteiger partial charge in [0.25, 0.3) is 0 Å². The lowest BCUT2D eigenvalue weighted by atomic mass is 10.2. The Morgan fingerprint density at radius 2 is 1.76 bits per heavy atom. The second kappa shape index (κ2) is 13.2. The van der Waals surface area contributed by atoms with Crippen LogP contribution < -0.4 is 25.6 Å². The molecule has 3 aromatic rings. The van der Waals surface area contributed by atoms with E-state index in [1.165, 1.54) is 7.11 Å². The second-order valence-electron chi connectivity index (χ2n) is 10.2. The van der Waals surface area contributed by atoms with E-state index in [2.05, 4.69) is 31.0 Å². The number of hydrogen-bond acceptors (Lipinski definition) is 11. The molecule has 0 unspecified atom stereocenters. The summed E-state index contributed by atoms with van der Waals surface area (Å²) in [7, 11) is 3.10. The molecule has 1 amide bonds. The number of carbonyl (C=O) groups excluding carboxylic acids is 1. The zero-order valence-electron chi connectivity index (χ0n) is 24.3. The number of carbonyl (C=O) groups is 1. The van der Waals surface area contributed by atoms with E-state index in [0.717, 1.165) is 18.8 Å². The van der Waals surface area contributed by atoms with E-state index in [0.29, 0.717) is 59.1 Å². The minimum absolute atomic E-state index is 0.330. The number of anilines is 6. The predicted octanol–water partition coefficient (Wildman–Crippen LogP) is 5.53. The summed E-state index contributed by atoms with van der Waals surface area (Å²) in [6, 6.07) is 13.2. The topological polar surface area (TPSA) is 131 Å². The maximum Gasteiger partial charge on any atom is 0.412 e. The third kappa shape index (κ3) is 7.98. The van der Waals surface area contributed by atoms with Crippen LogP contribution in [0.15, 0.2) is 53.8 Å². The van der Waals surface area contributed by atoms with Crippen LogP contribution >= 0.6 is 0 Å². The Kier molecular flexibility index (Phi) is 9.45. The number of hydrogen-bond donors (Lipinski definition) is 3. The average Bonchev–Trinajstić information content (AvgIpc) is 2.94. The maximum atomic E-state index is 12.5. The van der Waals surface area contributed by atoms with E-state index in [1.807, 2.05) is 57.2 Å². The molecule has 3 N–H and O–H groups in total. The van der Waals surface area contributed by atoms with Gasteiger partial charge in [0.05, 0.1) is 48.7 Å². The fourth-order valence-corrected chi connectivity index (χ4v) is 4.15. The first-order valence-corrected chi connectivity index (χ1v) is 13.3. The Balaban J connectivity index is 1.63. The third-order valence-corrected chi connectivity index (χ3v) is 6.03. The van der Waals surface area contributed by atoms with Gasteiger partial charge in [-0.3, -0.25) is 5.32 Å². The van der Waals surface area contributed by atoms with Crippen LogP contribution in [0.3, 0.4) is 0 Å². The fraction of sp³-hybridized carbons (Fsp3) is 0.379. The summed E-state index contributed by atoms with van der Waals surface area (Å²) in [6.07, 6.45) is 1.08. The van der Waals surface area contributed by atoms with Gasteiger partial charge in [0.1, 0.15) is 24.3 Å². The molecule has 0 aliphatic carbocycles. The van der Waals surface area contributed by atoms with Gasteiger partial charge in [-0.1, -0.05) is 17.3 Å². The SMILES string of the molecule is CON=C(C)c1cnc(Nc2ccc(N3CCOCC3)cc2OC)nc1Nc1ccccc1NC(=O)OC(C)(C)C. The summed E-state index contributed by atoms with van der Waals surface area (Å²) in [5.41, 5.74) is 3.41. The number of rotatable bonds is 9. The van der Waals surface area contributed by atoms with Crippen LogP contribution in [-0.2, 0) is 14.3 Å². The molecule has 1 aromatic heterocycles. The molecule has 0 atom stereocenters. The van der Waals surface area contributed by atoms with E-state index in [9.17, 15) is 4.79 Å². The molecule has 0 saturated carbocycles. The van der Waals surface area contributed by atoms with Crippen molar-refractivity contribution >= 4 is 46.3 Å². The van der Waals surface area contributed by atoms with E-state index < -0.39 is 11.7 Å². The molecule has 12 nitrogen and oxygen atoms in total. The first kappa shape index (κ1) is 29.4. The molecule has 1 saturated heterocycles. The van der Waals surface area contributed by atoms with Crippen LogP contribution in [-0.4, -0.2) is 67.9 Å². The Morgan fingerprint density at radius 1 is 1.02 bits per heavy atom. The standard InChI is InChI=1S/C29H37N7O5/c1-19(35-39-6)21-18-30-27(32-24-12-11-20(17-25(24)38-5)36-13-15-40-16-14-36)34-26(21)31-22-9-7-8-10-23(22)33-28(37)41-29(2,3)4/h7-12,17-18H,13-16H2,1-6H3,(H,33,37)(H2,30,31,32,34). The van der Waals surface area contributed by atoms with E-state index in [1.54, 1.807) is 26.3 Å². The van der Waals surface area contributed by atoms with E-state index >= 15 is 0 Å². The highest BCUT2D eigenvalue weighted by molar-refractivity contribution is 6.03. The number of nitrogens with zero attached hydrogens (tertiary/aromatic N) is 4. The molecule has 0 spiro atoms. The average molecular weight is 564 g/mol. The van der Waals surface area contributed by atoms with Crippen LogP contribution in [0.25, 0.3) is 0 Å². The Morgan fingerprint density at radius 3 is 2.44 bits per heavy atom. The quantitative estimate of drug-likeness (QED) is 0.226. The first-order valence-electron chi connectivity index (χ1n) is 13.3. The summed E-state index contributed by atoms with van der Waals surface area (Å²) >= 11 is 0. The van der Waals surface area contributed by atoms with E-state index in [-0.39, 0.29) is 0 Å². The summed E-state index contributed by atoms with van der Waals surface area (Å²) in [6.45, 7) is 10.2. The fourth-order valence-electron chi connectivity index (χ4n) is 4.15. The minimum Gasteiger partial charge on any atom is -0.494 e. The zero-order chi connectivity index (χ0) is 29.4. The molecule has 1 aliphatic rings. The number of nitrogens with one attached hydrogen (secondary N) is 3. The molecular formula is C29H37N7O5. The van der Waals surface area contributed by atoms with Crippen LogP contribution in [0.5, 0.6) is 5.75 Å². The molecule has 0 radical (unpaired) electrons. The summed E-state index contributed by atoms with van der Waals surface area (Å²) in [5, 5.41) is 13.4. The van der Waals surface area contributed by atoms with Crippen molar-refractivity contribution in [2.45, 2.75) is 33.3 Å². The predicted molar refractivity (Wildman–Crippen MR) is 160 cm³/mol. The lowest BCUT2D eigenvalue weighted by molar-refractivity contribution is 0.0636. The van der Waals surface area contributed by atoms with Crippen LogP contribution in [0, 0.1) is 0 Å². The van der Waals surface area contributed by atoms with Gasteiger partial charge in [-0.25, -0.2) is 9.78 Å². The first-order chi connectivity index (χ1) is 19.7. The normalized spacial score (nSPS) is 13.8. The Labute approximate surface area is 240 Å². The lowest BCUT2D eigenvalue weighted by Crippen LogP contribution is -2.36. The van der Waals surface area contributed by atoms with Crippen molar-refractivity contribution in [3.05, 3.63) is 54.2 Å². The Hall–Kier alpha value is -4.58. The second-order valence-corrected chi connectivity index (χ2v) is 10.2. The molecule has 12 heteroatoms. The summed E-state index contributed by atoms with van der Waals surface area (Å²) in [5.74, 6) is 1.43. The summed E-state index contributed by atoms with van der Waals surface area (Å²) in [4.78, 5) is 29.0. The van der Waals surface area contributed by atoms with Gasteiger partial charge in [0, 0.05) is 31.0 Å². The number of amides is 1. The zero-order valence-corrected chi connectivity index (χ0v) is 24.3. The van der Waals surface area contributed by atoms with Gasteiger partial charge in [0.2, 0.25) is 5.95 Å². The maximum absolute atomic E-state index is 12.5. The number of benzene rings is 2. The smallest absolute Gasteiger partial charge is 0.412 e. The van der Waals surface area contributed by atoms with Crippen LogP contribution in [0.1, 0.15) is 33.3 Å². The highest BCUT2D eigenvalue weighted by atomic mass is 16.6. The van der Waals surface area contributed by atoms with Gasteiger partial charge in [0.15, 0.2) is 0 Å². The number of oxime groups is 1. The molecule has 1 aliphatic heterocycles. The van der Waals surface area contributed by atoms with Crippen molar-refractivity contribution < 1.29 is 23.8 Å². The monoisotopic (exact) mass is 563 g/mol.